The second-order valence-electron chi connectivity index (χ2n) is 9.20. The number of urea groups is 1. The third-order valence-corrected chi connectivity index (χ3v) is 7.27. The molecule has 0 radical (unpaired) electrons. The number of anilines is 1. The molecule has 3 aromatic rings. The Hall–Kier alpha value is -3.04. The van der Waals surface area contributed by atoms with Crippen LogP contribution in [0.5, 0.6) is 5.75 Å². The summed E-state index contributed by atoms with van der Waals surface area (Å²) in [4.78, 5) is 17.0. The lowest BCUT2D eigenvalue weighted by atomic mass is 9.82. The van der Waals surface area contributed by atoms with Crippen LogP contribution in [0.4, 0.5) is 18.7 Å². The lowest BCUT2D eigenvalue weighted by molar-refractivity contribution is 0.251. The van der Waals surface area contributed by atoms with Crippen molar-refractivity contribution in [2.45, 2.75) is 44.6 Å². The molecule has 0 unspecified atom stereocenters. The van der Waals surface area contributed by atoms with Gasteiger partial charge in [0.1, 0.15) is 17.4 Å². The fourth-order valence-corrected chi connectivity index (χ4v) is 5.21. The van der Waals surface area contributed by atoms with Crippen molar-refractivity contribution < 1.29 is 18.3 Å². The van der Waals surface area contributed by atoms with Crippen LogP contribution < -0.4 is 20.7 Å². The largest absolute Gasteiger partial charge is 0.497 e. The molecule has 0 atom stereocenters. The van der Waals surface area contributed by atoms with Crippen LogP contribution in [0.2, 0.25) is 0 Å². The number of aromatic nitrogens is 1. The first kappa shape index (κ1) is 25.1. The first-order valence-corrected chi connectivity index (χ1v) is 12.5. The molecule has 0 aliphatic carbocycles. The summed E-state index contributed by atoms with van der Waals surface area (Å²) in [6.07, 6.45) is 1.41. The predicted octanol–water partition coefficient (Wildman–Crippen LogP) is 5.54. The van der Waals surface area contributed by atoms with Gasteiger partial charge in [0.25, 0.3) is 0 Å². The van der Waals surface area contributed by atoms with Crippen LogP contribution in [-0.2, 0) is 12.0 Å². The van der Waals surface area contributed by atoms with Gasteiger partial charge in [0.15, 0.2) is 5.13 Å². The monoisotopic (exact) mass is 500 g/mol. The Morgan fingerprint density at radius 3 is 2.46 bits per heavy atom. The molecule has 35 heavy (non-hydrogen) atoms. The van der Waals surface area contributed by atoms with Crippen LogP contribution in [0.25, 0.3) is 0 Å². The molecule has 1 saturated heterocycles. The number of piperidine rings is 1. The Morgan fingerprint density at radius 2 is 1.83 bits per heavy atom. The third kappa shape index (κ3) is 5.79. The molecule has 4 rings (SSSR count). The van der Waals surface area contributed by atoms with E-state index in [1.165, 1.54) is 23.5 Å². The highest BCUT2D eigenvalue weighted by atomic mass is 32.1. The van der Waals surface area contributed by atoms with E-state index < -0.39 is 17.7 Å². The van der Waals surface area contributed by atoms with E-state index in [1.807, 2.05) is 29.6 Å². The van der Waals surface area contributed by atoms with Crippen molar-refractivity contribution >= 4 is 22.5 Å². The van der Waals surface area contributed by atoms with Crippen molar-refractivity contribution in [1.82, 2.24) is 15.6 Å². The van der Waals surface area contributed by atoms with Crippen LogP contribution in [0.15, 0.2) is 41.8 Å². The summed E-state index contributed by atoms with van der Waals surface area (Å²) in [5.41, 5.74) is 2.03. The molecule has 1 aliphatic rings. The average molecular weight is 501 g/mol. The van der Waals surface area contributed by atoms with Gasteiger partial charge >= 0.3 is 6.03 Å². The number of methoxy groups -OCH3 is 1. The Morgan fingerprint density at radius 1 is 1.17 bits per heavy atom. The maximum atomic E-state index is 14.7. The minimum Gasteiger partial charge on any atom is -0.497 e. The molecule has 186 valence electrons. The molecule has 6 nitrogen and oxygen atoms in total. The second kappa shape index (κ2) is 10.7. The van der Waals surface area contributed by atoms with Gasteiger partial charge in [-0.1, -0.05) is 26.0 Å². The number of nitrogens with one attached hydrogen (secondary N) is 3. The molecule has 1 aromatic heterocycles. The second-order valence-corrected chi connectivity index (χ2v) is 10.1. The molecule has 3 N–H and O–H groups in total. The maximum Gasteiger partial charge on any atom is 0.321 e. The lowest BCUT2D eigenvalue weighted by Crippen LogP contribution is -2.29. The van der Waals surface area contributed by atoms with Crippen LogP contribution in [-0.4, -0.2) is 31.2 Å². The molecular formula is C26H30F2N4O2S. The summed E-state index contributed by atoms with van der Waals surface area (Å²) < 4.78 is 34.5. The Kier molecular flexibility index (Phi) is 7.66. The average Bonchev–Trinajstić information content (AvgIpc) is 3.32. The van der Waals surface area contributed by atoms with Gasteiger partial charge in [-0.2, -0.15) is 0 Å². The minimum atomic E-state index is -0.556. The van der Waals surface area contributed by atoms with E-state index in [-0.39, 0.29) is 23.4 Å². The molecule has 1 aliphatic heterocycles. The quantitative estimate of drug-likeness (QED) is 0.398. The number of ether oxygens (including phenoxy) is 1. The highest BCUT2D eigenvalue weighted by Gasteiger charge is 2.27. The molecular weight excluding hydrogens is 470 g/mol. The van der Waals surface area contributed by atoms with Gasteiger partial charge in [-0.15, -0.1) is 11.3 Å². The Labute approximate surface area is 208 Å². The summed E-state index contributed by atoms with van der Waals surface area (Å²) in [5, 5.41) is 10.9. The zero-order valence-electron chi connectivity index (χ0n) is 20.1. The summed E-state index contributed by atoms with van der Waals surface area (Å²) in [7, 11) is 1.63. The molecule has 1 fully saturated rings. The zero-order valence-corrected chi connectivity index (χ0v) is 20.9. The lowest BCUT2D eigenvalue weighted by Gasteiger charge is -2.24. The van der Waals surface area contributed by atoms with Crippen molar-refractivity contribution in [1.29, 1.82) is 0 Å². The SMILES string of the molecule is COc1ccc(C(C)(C)c2csc(NC(=O)NCc3cc(F)c(C4CCNCC4)c(F)c3)n2)cc1. The number of benzene rings is 2. The van der Waals surface area contributed by atoms with E-state index >= 15 is 0 Å². The topological polar surface area (TPSA) is 75.3 Å². The molecule has 2 heterocycles. The van der Waals surface area contributed by atoms with Gasteiger partial charge in [0.2, 0.25) is 0 Å². The third-order valence-electron chi connectivity index (χ3n) is 6.52. The summed E-state index contributed by atoms with van der Waals surface area (Å²) in [5.74, 6) is -0.454. The molecule has 9 heteroatoms. The van der Waals surface area contributed by atoms with E-state index in [1.54, 1.807) is 7.11 Å². The van der Waals surface area contributed by atoms with Crippen molar-refractivity contribution in [2.75, 3.05) is 25.5 Å². The number of hydrogen-bond acceptors (Lipinski definition) is 5. The van der Waals surface area contributed by atoms with Gasteiger partial charge in [0, 0.05) is 22.9 Å². The maximum absolute atomic E-state index is 14.7. The first-order chi connectivity index (χ1) is 16.8. The fourth-order valence-electron chi connectivity index (χ4n) is 4.34. The number of rotatable bonds is 7. The summed E-state index contributed by atoms with van der Waals surface area (Å²) in [6.45, 7) is 5.63. The van der Waals surface area contributed by atoms with Crippen molar-refractivity contribution in [3.05, 3.63) is 75.8 Å². The summed E-state index contributed by atoms with van der Waals surface area (Å²) in [6, 6.07) is 9.91. The van der Waals surface area contributed by atoms with E-state index in [9.17, 15) is 13.6 Å². The van der Waals surface area contributed by atoms with Gasteiger partial charge < -0.3 is 15.4 Å². The minimum absolute atomic E-state index is 0.00174. The normalized spacial score (nSPS) is 14.5. The van der Waals surface area contributed by atoms with E-state index in [0.29, 0.717) is 23.5 Å². The van der Waals surface area contributed by atoms with Crippen LogP contribution >= 0.6 is 11.3 Å². The molecule has 2 aromatic carbocycles. The van der Waals surface area contributed by atoms with E-state index in [0.717, 1.165) is 30.1 Å². The molecule has 0 bridgehead atoms. The van der Waals surface area contributed by atoms with Crippen molar-refractivity contribution in [2.24, 2.45) is 0 Å². The number of halogens is 2. The van der Waals surface area contributed by atoms with Gasteiger partial charge in [-0.25, -0.2) is 18.6 Å². The predicted molar refractivity (Wildman–Crippen MR) is 134 cm³/mol. The molecule has 0 spiro atoms. The van der Waals surface area contributed by atoms with Gasteiger partial charge in [-0.3, -0.25) is 5.32 Å². The van der Waals surface area contributed by atoms with Crippen LogP contribution in [0.3, 0.4) is 0 Å². The van der Waals surface area contributed by atoms with E-state index in [2.05, 4.69) is 34.8 Å². The summed E-state index contributed by atoms with van der Waals surface area (Å²) >= 11 is 1.32. The number of amides is 2. The Bertz CT molecular complexity index is 1150. The number of hydrogen-bond donors (Lipinski definition) is 3. The number of carbonyl (C=O) groups is 1. The zero-order chi connectivity index (χ0) is 25.0. The van der Waals surface area contributed by atoms with Crippen molar-refractivity contribution in [3.8, 4) is 5.75 Å². The van der Waals surface area contributed by atoms with E-state index in [4.69, 9.17) is 4.74 Å². The number of carbonyl (C=O) groups excluding carboxylic acids is 1. The van der Waals surface area contributed by atoms with Crippen LogP contribution in [0.1, 0.15) is 55.0 Å². The van der Waals surface area contributed by atoms with Gasteiger partial charge in [-0.05, 0) is 67.2 Å². The van der Waals surface area contributed by atoms with Crippen LogP contribution in [0, 0.1) is 11.6 Å². The highest BCUT2D eigenvalue weighted by Crippen LogP contribution is 2.34. The number of nitrogens with zero attached hydrogens (tertiary/aromatic N) is 1. The standard InChI is InChI=1S/C26H30F2N4O2S/c1-26(2,18-4-6-19(34-3)7-5-18)22-15-35-25(31-22)32-24(33)30-14-16-12-20(27)23(21(28)13-16)17-8-10-29-11-9-17/h4-7,12-13,15,17,29H,8-11,14H2,1-3H3,(H2,30,31,32,33). The van der Waals surface area contributed by atoms with Crippen molar-refractivity contribution in [3.63, 3.8) is 0 Å². The molecule has 0 saturated carbocycles. The number of thiazole rings is 1. The van der Waals surface area contributed by atoms with Gasteiger partial charge in [0.05, 0.1) is 12.8 Å². The smallest absolute Gasteiger partial charge is 0.321 e. The first-order valence-electron chi connectivity index (χ1n) is 11.6. The highest BCUT2D eigenvalue weighted by molar-refractivity contribution is 7.13. The fraction of sp³-hybridized carbons (Fsp3) is 0.385. The molecule has 2 amide bonds. The Balaban J connectivity index is 1.36.